The van der Waals surface area contributed by atoms with E-state index in [2.05, 4.69) is 5.32 Å². The highest BCUT2D eigenvalue weighted by molar-refractivity contribution is 5.95. The molecule has 68 valence electrons. The number of benzene rings is 1. The van der Waals surface area contributed by atoms with Crippen LogP contribution in [0.1, 0.15) is 17.3 Å². The zero-order valence-electron chi connectivity index (χ0n) is 7.07. The maximum atomic E-state index is 10.7. The van der Waals surface area contributed by atoms with Crippen molar-refractivity contribution in [3.8, 4) is 5.75 Å². The van der Waals surface area contributed by atoms with Gasteiger partial charge < -0.3 is 10.4 Å². The fraction of sp³-hybridized carbons (Fsp3) is 0.111. The summed E-state index contributed by atoms with van der Waals surface area (Å²) in [5, 5.41) is 11.5. The molecule has 4 heteroatoms. The number of aldehydes is 1. The summed E-state index contributed by atoms with van der Waals surface area (Å²) >= 11 is 0. The van der Waals surface area contributed by atoms with E-state index in [9.17, 15) is 9.59 Å². The van der Waals surface area contributed by atoms with E-state index in [-0.39, 0.29) is 17.2 Å². The van der Waals surface area contributed by atoms with Crippen LogP contribution in [0.15, 0.2) is 18.2 Å². The number of amides is 1. The maximum Gasteiger partial charge on any atom is 0.221 e. The first-order chi connectivity index (χ1) is 6.13. The predicted octanol–water partition coefficient (Wildman–Crippen LogP) is 1.16. The lowest BCUT2D eigenvalue weighted by atomic mass is 10.2. The van der Waals surface area contributed by atoms with Crippen molar-refractivity contribution in [2.45, 2.75) is 6.92 Å². The number of carbonyl (C=O) groups is 2. The Labute approximate surface area is 75.2 Å². The molecule has 0 atom stereocenters. The lowest BCUT2D eigenvalue weighted by Crippen LogP contribution is -2.07. The first kappa shape index (κ1) is 9.25. The Morgan fingerprint density at radius 2 is 2.23 bits per heavy atom. The molecule has 13 heavy (non-hydrogen) atoms. The lowest BCUT2D eigenvalue weighted by Gasteiger charge is -2.04. The zero-order chi connectivity index (χ0) is 9.84. The summed E-state index contributed by atoms with van der Waals surface area (Å²) in [6.07, 6.45) is 0.574. The topological polar surface area (TPSA) is 66.4 Å². The molecule has 0 saturated heterocycles. The molecule has 0 spiro atoms. The minimum absolute atomic E-state index is 0.00352. The summed E-state index contributed by atoms with van der Waals surface area (Å²) < 4.78 is 0. The zero-order valence-corrected chi connectivity index (χ0v) is 7.07. The van der Waals surface area contributed by atoms with Crippen molar-refractivity contribution in [2.75, 3.05) is 5.32 Å². The lowest BCUT2D eigenvalue weighted by molar-refractivity contribution is -0.114. The van der Waals surface area contributed by atoms with Gasteiger partial charge >= 0.3 is 0 Å². The summed E-state index contributed by atoms with van der Waals surface area (Å²) in [6, 6.07) is 4.16. The number of hydrogen-bond acceptors (Lipinski definition) is 3. The van der Waals surface area contributed by atoms with Crippen LogP contribution in [-0.4, -0.2) is 17.3 Å². The Bertz CT molecular complexity index is 347. The molecule has 0 heterocycles. The van der Waals surface area contributed by atoms with Crippen LogP contribution in [0.3, 0.4) is 0 Å². The van der Waals surface area contributed by atoms with E-state index in [1.807, 2.05) is 0 Å². The van der Waals surface area contributed by atoms with Crippen molar-refractivity contribution in [3.63, 3.8) is 0 Å². The van der Waals surface area contributed by atoms with Crippen LogP contribution in [0.5, 0.6) is 5.75 Å². The largest absolute Gasteiger partial charge is 0.508 e. The minimum Gasteiger partial charge on any atom is -0.508 e. The van der Waals surface area contributed by atoms with Gasteiger partial charge in [-0.1, -0.05) is 0 Å². The molecule has 2 N–H and O–H groups in total. The molecule has 0 radical (unpaired) electrons. The van der Waals surface area contributed by atoms with Crippen LogP contribution >= 0.6 is 0 Å². The molecule has 1 rings (SSSR count). The van der Waals surface area contributed by atoms with Crippen LogP contribution < -0.4 is 5.32 Å². The fourth-order valence-corrected chi connectivity index (χ4v) is 0.951. The average molecular weight is 179 g/mol. The fourth-order valence-electron chi connectivity index (χ4n) is 0.951. The average Bonchev–Trinajstić information content (AvgIpc) is 2.07. The summed E-state index contributed by atoms with van der Waals surface area (Å²) in [7, 11) is 0. The van der Waals surface area contributed by atoms with Crippen molar-refractivity contribution in [2.24, 2.45) is 0 Å². The summed E-state index contributed by atoms with van der Waals surface area (Å²) in [5.41, 5.74) is 0.663. The molecule has 0 saturated carbocycles. The van der Waals surface area contributed by atoms with E-state index in [1.54, 1.807) is 0 Å². The van der Waals surface area contributed by atoms with Gasteiger partial charge in [-0.3, -0.25) is 9.59 Å². The second-order valence-electron chi connectivity index (χ2n) is 2.57. The minimum atomic E-state index is -0.256. The molecule has 0 aromatic heterocycles. The van der Waals surface area contributed by atoms with Crippen LogP contribution in [0.4, 0.5) is 5.69 Å². The molecule has 0 aliphatic heterocycles. The molecule has 1 amide bonds. The van der Waals surface area contributed by atoms with Crippen LogP contribution in [0.2, 0.25) is 0 Å². The molecular weight excluding hydrogens is 170 g/mol. The van der Waals surface area contributed by atoms with Crippen molar-refractivity contribution >= 4 is 17.9 Å². The maximum absolute atomic E-state index is 10.7. The monoisotopic (exact) mass is 179 g/mol. The van der Waals surface area contributed by atoms with E-state index in [0.717, 1.165) is 0 Å². The highest BCUT2D eigenvalue weighted by atomic mass is 16.3. The molecule has 0 aliphatic carbocycles. The number of rotatable bonds is 2. The van der Waals surface area contributed by atoms with Crippen LogP contribution in [0, 0.1) is 0 Å². The molecule has 1 aromatic rings. The van der Waals surface area contributed by atoms with Crippen molar-refractivity contribution in [3.05, 3.63) is 23.8 Å². The first-order valence-corrected chi connectivity index (χ1v) is 3.69. The Hall–Kier alpha value is -1.84. The van der Waals surface area contributed by atoms with E-state index >= 15 is 0 Å². The van der Waals surface area contributed by atoms with Crippen molar-refractivity contribution in [1.82, 2.24) is 0 Å². The third-order valence-corrected chi connectivity index (χ3v) is 1.47. The molecule has 0 unspecified atom stereocenters. The second-order valence-corrected chi connectivity index (χ2v) is 2.57. The van der Waals surface area contributed by atoms with Gasteiger partial charge in [0.15, 0.2) is 6.29 Å². The van der Waals surface area contributed by atoms with Gasteiger partial charge in [0.2, 0.25) is 5.91 Å². The third kappa shape index (κ3) is 2.30. The Balaban J connectivity index is 3.05. The Morgan fingerprint density at radius 3 is 2.77 bits per heavy atom. The summed E-state index contributed by atoms with van der Waals surface area (Å²) in [6.45, 7) is 1.35. The molecular formula is C9H9NO3. The van der Waals surface area contributed by atoms with Gasteiger partial charge in [0.25, 0.3) is 0 Å². The van der Waals surface area contributed by atoms with Gasteiger partial charge in [0, 0.05) is 12.5 Å². The number of nitrogens with one attached hydrogen (secondary N) is 1. The van der Waals surface area contributed by atoms with Gasteiger partial charge in [0.1, 0.15) is 5.75 Å². The van der Waals surface area contributed by atoms with Gasteiger partial charge in [-0.05, 0) is 18.2 Å². The molecule has 4 nitrogen and oxygen atoms in total. The number of phenols is 1. The highest BCUT2D eigenvalue weighted by Gasteiger charge is 2.03. The van der Waals surface area contributed by atoms with Crippen LogP contribution in [-0.2, 0) is 4.79 Å². The quantitative estimate of drug-likeness (QED) is 0.529. The highest BCUT2D eigenvalue weighted by Crippen LogP contribution is 2.19. The van der Waals surface area contributed by atoms with Gasteiger partial charge in [0.05, 0.1) is 5.69 Å². The number of phenolic OH excluding ortho intramolecular Hbond substituents is 1. The molecule has 0 aliphatic rings. The smallest absolute Gasteiger partial charge is 0.221 e. The standard InChI is InChI=1S/C9H9NO3/c1-6(12)10-9-3-2-8(13)4-7(9)5-11/h2-5,13H,1H3,(H,10,12). The normalized spacial score (nSPS) is 9.31. The van der Waals surface area contributed by atoms with E-state index < -0.39 is 0 Å². The summed E-state index contributed by atoms with van der Waals surface area (Å²) in [5.74, 6) is -0.259. The molecule has 0 fully saturated rings. The molecule has 1 aromatic carbocycles. The van der Waals surface area contributed by atoms with Gasteiger partial charge in [-0.2, -0.15) is 0 Å². The van der Waals surface area contributed by atoms with E-state index in [1.165, 1.54) is 25.1 Å². The summed E-state index contributed by atoms with van der Waals surface area (Å²) in [4.78, 5) is 21.2. The van der Waals surface area contributed by atoms with Crippen molar-refractivity contribution in [1.29, 1.82) is 0 Å². The van der Waals surface area contributed by atoms with Gasteiger partial charge in [-0.25, -0.2) is 0 Å². The van der Waals surface area contributed by atoms with E-state index in [0.29, 0.717) is 12.0 Å². The SMILES string of the molecule is CC(=O)Nc1ccc(O)cc1C=O. The van der Waals surface area contributed by atoms with Gasteiger partial charge in [-0.15, -0.1) is 0 Å². The first-order valence-electron chi connectivity index (χ1n) is 3.69. The van der Waals surface area contributed by atoms with Crippen molar-refractivity contribution < 1.29 is 14.7 Å². The number of hydrogen-bond donors (Lipinski definition) is 2. The third-order valence-electron chi connectivity index (χ3n) is 1.47. The Morgan fingerprint density at radius 1 is 1.54 bits per heavy atom. The number of anilines is 1. The number of aromatic hydroxyl groups is 1. The van der Waals surface area contributed by atoms with E-state index in [4.69, 9.17) is 5.11 Å². The Kier molecular flexibility index (Phi) is 2.64. The number of carbonyl (C=O) groups excluding carboxylic acids is 2. The predicted molar refractivity (Wildman–Crippen MR) is 47.8 cm³/mol. The second kappa shape index (κ2) is 3.71. The van der Waals surface area contributed by atoms with Crippen LogP contribution in [0.25, 0.3) is 0 Å². The molecule has 0 bridgehead atoms.